The highest BCUT2D eigenvalue weighted by atomic mass is 16.3. The molecule has 3 atom stereocenters. The Hall–Kier alpha value is -0.760. The van der Waals surface area contributed by atoms with Gasteiger partial charge in [0.2, 0.25) is 0 Å². The van der Waals surface area contributed by atoms with Gasteiger partial charge >= 0.3 is 0 Å². The lowest BCUT2D eigenvalue weighted by atomic mass is 9.99. The summed E-state index contributed by atoms with van der Waals surface area (Å²) in [5.41, 5.74) is 1.28. The quantitative estimate of drug-likeness (QED) is 0.816. The molecule has 3 unspecified atom stereocenters. The smallest absolute Gasteiger partial charge is 0.105 e. The van der Waals surface area contributed by atoms with Gasteiger partial charge in [-0.2, -0.15) is 0 Å². The molecular weight excluding hydrogens is 198 g/mol. The van der Waals surface area contributed by atoms with Gasteiger partial charge in [-0.25, -0.2) is 0 Å². The lowest BCUT2D eigenvalue weighted by Crippen LogP contribution is -2.34. The van der Waals surface area contributed by atoms with E-state index in [1.807, 2.05) is 13.8 Å². The zero-order chi connectivity index (χ0) is 12.3. The van der Waals surface area contributed by atoms with Gasteiger partial charge in [-0.3, -0.25) is 0 Å². The molecule has 0 aromatic carbocycles. The highest BCUT2D eigenvalue weighted by Crippen LogP contribution is 2.22. The summed E-state index contributed by atoms with van der Waals surface area (Å²) in [4.78, 5) is 0. The monoisotopic (exact) mass is 223 g/mol. The molecule has 1 rings (SSSR count). The maximum absolute atomic E-state index is 5.56. The van der Waals surface area contributed by atoms with Crippen molar-refractivity contribution in [3.63, 3.8) is 0 Å². The molecule has 0 saturated carbocycles. The molecule has 0 radical (unpaired) electrons. The normalized spacial score (nSPS) is 17.1. The molecule has 0 bridgehead atoms. The van der Waals surface area contributed by atoms with E-state index in [0.717, 1.165) is 11.5 Å². The lowest BCUT2D eigenvalue weighted by Gasteiger charge is -2.24. The maximum Gasteiger partial charge on any atom is 0.105 e. The van der Waals surface area contributed by atoms with E-state index in [0.29, 0.717) is 18.0 Å². The molecule has 1 N–H and O–H groups in total. The number of hydrogen-bond acceptors (Lipinski definition) is 2. The van der Waals surface area contributed by atoms with E-state index in [-0.39, 0.29) is 0 Å². The summed E-state index contributed by atoms with van der Waals surface area (Å²) < 4.78 is 5.56. The van der Waals surface area contributed by atoms with Crippen LogP contribution in [0.4, 0.5) is 0 Å². The average Bonchev–Trinajstić information content (AvgIpc) is 2.56. The van der Waals surface area contributed by atoms with Gasteiger partial charge in [-0.05, 0) is 39.7 Å². The Balaban J connectivity index is 2.65. The topological polar surface area (TPSA) is 25.2 Å². The molecule has 0 aliphatic carbocycles. The molecule has 16 heavy (non-hydrogen) atoms. The van der Waals surface area contributed by atoms with Crippen LogP contribution in [0, 0.1) is 19.8 Å². The second kappa shape index (κ2) is 5.53. The molecule has 2 nitrogen and oxygen atoms in total. The van der Waals surface area contributed by atoms with Crippen molar-refractivity contribution in [3.8, 4) is 0 Å². The highest BCUT2D eigenvalue weighted by Gasteiger charge is 2.17. The Morgan fingerprint density at radius 1 is 1.25 bits per heavy atom. The number of aryl methyl sites for hydroxylation is 2. The van der Waals surface area contributed by atoms with E-state index in [9.17, 15) is 0 Å². The van der Waals surface area contributed by atoms with E-state index in [1.165, 1.54) is 12.0 Å². The van der Waals surface area contributed by atoms with Crippen molar-refractivity contribution in [1.82, 2.24) is 5.32 Å². The van der Waals surface area contributed by atoms with Crippen molar-refractivity contribution in [2.24, 2.45) is 5.92 Å². The molecule has 0 amide bonds. The van der Waals surface area contributed by atoms with Crippen LogP contribution in [-0.2, 0) is 0 Å². The standard InChI is InChI=1S/C14H25NO/c1-7-9(2)11(4)15-12(5)14-8-10(3)16-13(14)6/h8-9,11-12,15H,7H2,1-6H3. The number of furan rings is 1. The third kappa shape index (κ3) is 3.11. The zero-order valence-corrected chi connectivity index (χ0v) is 11.4. The summed E-state index contributed by atoms with van der Waals surface area (Å²) in [7, 11) is 0. The van der Waals surface area contributed by atoms with Gasteiger partial charge in [0.1, 0.15) is 11.5 Å². The molecule has 0 spiro atoms. The summed E-state index contributed by atoms with van der Waals surface area (Å²) in [6.45, 7) is 13.0. The molecule has 0 aliphatic rings. The predicted octanol–water partition coefficient (Wildman–Crippen LogP) is 3.98. The van der Waals surface area contributed by atoms with Crippen LogP contribution in [0.2, 0.25) is 0 Å². The third-order valence-corrected chi connectivity index (χ3v) is 3.56. The van der Waals surface area contributed by atoms with Crippen LogP contribution in [0.1, 0.15) is 57.2 Å². The molecule has 1 aromatic rings. The van der Waals surface area contributed by atoms with Crippen LogP contribution in [0.3, 0.4) is 0 Å². The minimum absolute atomic E-state index is 0.362. The maximum atomic E-state index is 5.56. The molecule has 0 aliphatic heterocycles. The first-order valence-corrected chi connectivity index (χ1v) is 6.28. The zero-order valence-electron chi connectivity index (χ0n) is 11.4. The first kappa shape index (κ1) is 13.3. The fraction of sp³-hybridized carbons (Fsp3) is 0.714. The van der Waals surface area contributed by atoms with Gasteiger partial charge in [-0.1, -0.05) is 20.3 Å². The molecule has 0 saturated heterocycles. The Bertz CT molecular complexity index is 329. The Morgan fingerprint density at radius 3 is 2.31 bits per heavy atom. The van der Waals surface area contributed by atoms with Crippen LogP contribution in [-0.4, -0.2) is 6.04 Å². The van der Waals surface area contributed by atoms with Crippen LogP contribution in [0.5, 0.6) is 0 Å². The third-order valence-electron chi connectivity index (χ3n) is 3.56. The number of hydrogen-bond donors (Lipinski definition) is 1. The Kier molecular flexibility index (Phi) is 4.60. The van der Waals surface area contributed by atoms with Crippen molar-refractivity contribution in [2.45, 2.75) is 60.0 Å². The lowest BCUT2D eigenvalue weighted by molar-refractivity contribution is 0.358. The second-order valence-electron chi connectivity index (χ2n) is 4.93. The first-order valence-electron chi connectivity index (χ1n) is 6.28. The minimum Gasteiger partial charge on any atom is -0.466 e. The van der Waals surface area contributed by atoms with Gasteiger partial charge in [0, 0.05) is 17.6 Å². The molecule has 2 heteroatoms. The van der Waals surface area contributed by atoms with E-state index in [1.54, 1.807) is 0 Å². The van der Waals surface area contributed by atoms with Crippen LogP contribution in [0.25, 0.3) is 0 Å². The molecule has 1 aromatic heterocycles. The summed E-state index contributed by atoms with van der Waals surface area (Å²) in [6, 6.07) is 3.03. The number of rotatable bonds is 5. The molecule has 92 valence electrons. The van der Waals surface area contributed by atoms with E-state index >= 15 is 0 Å². The van der Waals surface area contributed by atoms with Gasteiger partial charge in [0.05, 0.1) is 0 Å². The highest BCUT2D eigenvalue weighted by molar-refractivity contribution is 5.23. The van der Waals surface area contributed by atoms with Crippen LogP contribution >= 0.6 is 0 Å². The number of nitrogens with one attached hydrogen (secondary N) is 1. The largest absolute Gasteiger partial charge is 0.466 e. The fourth-order valence-electron chi connectivity index (χ4n) is 2.08. The van der Waals surface area contributed by atoms with Gasteiger partial charge in [-0.15, -0.1) is 0 Å². The van der Waals surface area contributed by atoms with Crippen molar-refractivity contribution < 1.29 is 4.42 Å². The predicted molar refractivity (Wildman–Crippen MR) is 68.6 cm³/mol. The second-order valence-corrected chi connectivity index (χ2v) is 4.93. The summed E-state index contributed by atoms with van der Waals surface area (Å²) in [6.07, 6.45) is 1.21. The van der Waals surface area contributed by atoms with E-state index in [2.05, 4.69) is 39.1 Å². The molecule has 1 heterocycles. The van der Waals surface area contributed by atoms with Crippen molar-refractivity contribution in [1.29, 1.82) is 0 Å². The van der Waals surface area contributed by atoms with Crippen LogP contribution < -0.4 is 5.32 Å². The van der Waals surface area contributed by atoms with Gasteiger partial charge in [0.15, 0.2) is 0 Å². The Morgan fingerprint density at radius 2 is 1.88 bits per heavy atom. The Labute approximate surface area is 99.4 Å². The van der Waals surface area contributed by atoms with Crippen molar-refractivity contribution in [2.75, 3.05) is 0 Å². The van der Waals surface area contributed by atoms with E-state index in [4.69, 9.17) is 4.42 Å². The minimum atomic E-state index is 0.362. The van der Waals surface area contributed by atoms with Gasteiger partial charge < -0.3 is 9.73 Å². The van der Waals surface area contributed by atoms with Crippen molar-refractivity contribution in [3.05, 3.63) is 23.2 Å². The average molecular weight is 223 g/mol. The summed E-state index contributed by atoms with van der Waals surface area (Å²) >= 11 is 0. The van der Waals surface area contributed by atoms with E-state index < -0.39 is 0 Å². The summed E-state index contributed by atoms with van der Waals surface area (Å²) in [5, 5.41) is 3.64. The van der Waals surface area contributed by atoms with Gasteiger partial charge in [0.25, 0.3) is 0 Å². The first-order chi connectivity index (χ1) is 7.45. The van der Waals surface area contributed by atoms with Crippen LogP contribution in [0.15, 0.2) is 10.5 Å². The van der Waals surface area contributed by atoms with Crippen molar-refractivity contribution >= 4 is 0 Å². The molecule has 0 fully saturated rings. The SMILES string of the molecule is CCC(C)C(C)NC(C)c1cc(C)oc1C. The summed E-state index contributed by atoms with van der Waals surface area (Å²) in [5.74, 6) is 2.74. The fourth-order valence-corrected chi connectivity index (χ4v) is 2.08. The molecular formula is C14H25NO.